The van der Waals surface area contributed by atoms with Crippen LogP contribution < -0.4 is 112 Å². The summed E-state index contributed by atoms with van der Waals surface area (Å²) in [6.07, 6.45) is 29.5. The van der Waals surface area contributed by atoms with Gasteiger partial charge in [0.05, 0.1) is 25.9 Å². The first-order chi connectivity index (χ1) is 53.1. The van der Waals surface area contributed by atoms with E-state index in [2.05, 4.69) is 88.9 Å². The maximum Gasteiger partial charge on any atom is 1.00 e. The normalized spacial score (nSPS) is 11.8. The number of hydroxylamine groups is 1. The number of ketones is 3. The van der Waals surface area contributed by atoms with Crippen molar-refractivity contribution in [1.29, 1.82) is 0 Å². The van der Waals surface area contributed by atoms with Crippen LogP contribution in [0, 0.1) is 17.8 Å². The summed E-state index contributed by atoms with van der Waals surface area (Å²) >= 11 is -5.94. The molecule has 0 aliphatic carbocycles. The third-order valence-corrected chi connectivity index (χ3v) is 15.8. The number of ether oxygens (including phenoxy) is 4. The molecule has 0 fully saturated rings. The van der Waals surface area contributed by atoms with Crippen molar-refractivity contribution in [3.05, 3.63) is 0 Å². The molecule has 0 aromatic carbocycles. The van der Waals surface area contributed by atoms with Crippen LogP contribution in [0.15, 0.2) is 5.16 Å². The smallest absolute Gasteiger partial charge is 0.442 e. The van der Waals surface area contributed by atoms with Crippen molar-refractivity contribution in [3.8, 4) is 0 Å². The second-order valence-corrected chi connectivity index (χ2v) is 30.5. The van der Waals surface area contributed by atoms with E-state index in [-0.39, 0.29) is 89.5 Å². The number of carbonyl (C=O) groups excluding carboxylic acids is 11. The SMILES string of the molecule is CC(=O)C(N)CO.CC(=O)C=O.CCC(C)COCCCCCCCNC(=O)CCCC(=O)NCCCCO/N=C/C(C)=O.CCC(C)COCCCCCCCNC(=O)CCCC(=O)NCCCCON.CCC(C)COCCCCCCCNC(=O)CCCC(=O)NCCCCONC(=O)OC(C)(C)C.[Na+].[O-][I+3]([O-])([O-])[O-]. The summed E-state index contributed by atoms with van der Waals surface area (Å²) in [4.78, 5) is 136. The zero-order valence-corrected chi connectivity index (χ0v) is 75.7. The molecule has 7 amide bonds. The van der Waals surface area contributed by atoms with Crippen molar-refractivity contribution in [2.24, 2.45) is 34.5 Å². The predicted molar refractivity (Wildman–Crippen MR) is 420 cm³/mol. The molecule has 33 nitrogen and oxygen atoms in total. The number of nitrogens with two attached hydrogens (primary N) is 2. The average Bonchev–Trinajstić information content (AvgIpc) is 0.951. The van der Waals surface area contributed by atoms with Crippen LogP contribution >= 0.6 is 0 Å². The van der Waals surface area contributed by atoms with Crippen LogP contribution in [0.5, 0.6) is 0 Å². The van der Waals surface area contributed by atoms with Crippen LogP contribution in [0.2, 0.25) is 0 Å². The Hall–Kier alpha value is -4.51. The minimum atomic E-state index is -5.94. The molecule has 0 aromatic rings. The number of nitrogens with zero attached hydrogens (tertiary/aromatic N) is 1. The van der Waals surface area contributed by atoms with Gasteiger partial charge in [0.2, 0.25) is 35.4 Å². The molecule has 0 aliphatic rings. The van der Waals surface area contributed by atoms with Crippen LogP contribution in [0.25, 0.3) is 0 Å². The van der Waals surface area contributed by atoms with E-state index >= 15 is 0 Å². The Bertz CT molecular complexity index is 2330. The first-order valence-electron chi connectivity index (χ1n) is 40.5. The molecule has 0 aromatic heterocycles. The number of unbranched alkanes of at least 4 members (excludes halogenated alkanes) is 15. The van der Waals surface area contributed by atoms with Gasteiger partial charge in [-0.1, -0.05) is 124 Å². The van der Waals surface area contributed by atoms with Gasteiger partial charge in [0.25, 0.3) is 0 Å². The molecule has 12 N–H and O–H groups in total. The molecule has 113 heavy (non-hydrogen) atoms. The molecular weight excluding hydrogens is 1590 g/mol. The molecule has 4 atom stereocenters. The Balaban J connectivity index is -0.000000269. The summed E-state index contributed by atoms with van der Waals surface area (Å²) < 4.78 is 56.5. The fraction of sp³-hybridized carbons (Fsp3) is 0.846. The summed E-state index contributed by atoms with van der Waals surface area (Å²) in [6.45, 7) is 32.4. The maximum absolute atomic E-state index is 11.9. The summed E-state index contributed by atoms with van der Waals surface area (Å²) in [5.41, 5.74) is 6.67. The predicted octanol–water partition coefficient (Wildman–Crippen LogP) is -0.593. The van der Waals surface area contributed by atoms with Crippen molar-refractivity contribution >= 4 is 71.4 Å². The van der Waals surface area contributed by atoms with Gasteiger partial charge < -0.3 is 71.4 Å². The molecule has 0 radical (unpaired) electrons. The molecule has 660 valence electrons. The van der Waals surface area contributed by atoms with Gasteiger partial charge in [0.15, 0.2) is 17.9 Å². The average molecular weight is 1750 g/mol. The Morgan fingerprint density at radius 2 is 0.708 bits per heavy atom. The Morgan fingerprint density at radius 1 is 0.442 bits per heavy atom. The third-order valence-electron chi connectivity index (χ3n) is 15.8. The number of amides is 7. The fourth-order valence-electron chi connectivity index (χ4n) is 8.51. The summed E-state index contributed by atoms with van der Waals surface area (Å²) in [6, 6.07) is -0.681. The monoisotopic (exact) mass is 1750 g/mol. The van der Waals surface area contributed by atoms with E-state index in [9.17, 15) is 47.9 Å². The summed E-state index contributed by atoms with van der Waals surface area (Å²) in [7, 11) is 0. The first kappa shape index (κ1) is 122. The van der Waals surface area contributed by atoms with Crippen LogP contribution in [0.3, 0.4) is 0 Å². The number of carbonyl (C=O) groups is 11. The maximum atomic E-state index is 11.9. The van der Waals surface area contributed by atoms with Crippen molar-refractivity contribution in [3.63, 3.8) is 0 Å². The zero-order valence-electron chi connectivity index (χ0n) is 71.5. The number of hydrogen-bond acceptors (Lipinski definition) is 26. The number of rotatable bonds is 66. The van der Waals surface area contributed by atoms with E-state index in [1.54, 1.807) is 20.8 Å². The minimum absolute atomic E-state index is 0. The molecule has 0 spiro atoms. The van der Waals surface area contributed by atoms with E-state index in [0.717, 1.165) is 162 Å². The van der Waals surface area contributed by atoms with Crippen molar-refractivity contribution in [2.75, 3.05) is 105 Å². The molecule has 0 aliphatic heterocycles. The van der Waals surface area contributed by atoms with Gasteiger partial charge in [-0.25, -0.2) is 10.7 Å². The van der Waals surface area contributed by atoms with E-state index in [1.165, 1.54) is 59.3 Å². The zero-order chi connectivity index (χ0) is 85.8. The number of oxime groups is 1. The molecule has 0 saturated carbocycles. The molecule has 35 heteroatoms. The quantitative estimate of drug-likeness (QED) is 0.00692. The van der Waals surface area contributed by atoms with E-state index in [0.29, 0.717) is 135 Å². The van der Waals surface area contributed by atoms with Gasteiger partial charge in [-0.05, 0) is 142 Å². The van der Waals surface area contributed by atoms with Crippen LogP contribution in [-0.2, 0) is 81.4 Å². The molecule has 4 unspecified atom stereocenters. The third kappa shape index (κ3) is 121. The Labute approximate surface area is 705 Å². The molecule has 0 heterocycles. The van der Waals surface area contributed by atoms with E-state index < -0.39 is 43.6 Å². The molecular formula is C78H152IN10NaO23. The summed E-state index contributed by atoms with van der Waals surface area (Å²) in [5.74, 6) is 6.05. The number of halogens is 1. The standard InChI is InChI=1S/C26H51N3O6.C24H45N3O5.C21H43N3O4.C4H9NO2.C3H4O2.IO4.Na/c1-6-22(2)21-33-19-12-9-7-8-10-17-27-23(30)15-14-16-24(31)28-18-11-13-20-34-29-25(32)35-26(3,4)5;1-4-21(2)20-31-17-10-7-5-6-8-15-25-23(29)13-12-14-24(30)26-16-9-11-18-32-27-19-22(3)28;1-3-19(2)18-27-16-9-6-4-5-7-14-23-20(25)12-11-13-21(26)24-15-8-10-17-28-22;1-3(7)4(5)2-6;1-3(5)2-4;2-1(3,4)5;/h22H,6-21H2,1-5H3,(H,27,30)(H,28,31)(H,29,32);19,21H,4-18,20H2,1-3H3,(H,25,29)(H,26,30);19H,3-18,22H2,1-2H3,(H,23,25)(H,24,26);4,6H,2,5H2,1H3;2H,1H3;;/q;;;;;-1;+1/b;27-19+;;;;;. The fourth-order valence-corrected chi connectivity index (χ4v) is 8.51. The Morgan fingerprint density at radius 3 is 0.956 bits per heavy atom. The number of nitrogens with one attached hydrogen (secondary N) is 7. The van der Waals surface area contributed by atoms with Crippen LogP contribution in [0.4, 0.5) is 4.79 Å². The Kier molecular flexibility index (Phi) is 98.4. The second kappa shape index (κ2) is 91.4. The van der Waals surface area contributed by atoms with Crippen LogP contribution in [-0.4, -0.2) is 193 Å². The van der Waals surface area contributed by atoms with Crippen LogP contribution in [0.1, 0.15) is 295 Å². The van der Waals surface area contributed by atoms with E-state index in [1.807, 2.05) is 0 Å². The number of aliphatic hydroxyl groups excluding tert-OH is 1. The number of aliphatic hydroxyl groups is 1. The van der Waals surface area contributed by atoms with E-state index in [4.69, 9.17) is 63.9 Å². The minimum Gasteiger partial charge on any atom is -0.442 e. The molecule has 0 saturated heterocycles. The van der Waals surface area contributed by atoms with Gasteiger partial charge in [-0.15, -0.1) is 0 Å². The molecule has 0 bridgehead atoms. The van der Waals surface area contributed by atoms with Gasteiger partial charge >= 0.3 is 35.7 Å². The van der Waals surface area contributed by atoms with Crippen molar-refractivity contribution in [1.82, 2.24) is 37.4 Å². The first-order valence-corrected chi connectivity index (χ1v) is 44.0. The number of Topliss-reactive ketones (excluding diaryl/α,β-unsaturated/α-hetero) is 3. The van der Waals surface area contributed by atoms with Crippen molar-refractivity contribution < 1.29 is 155 Å². The van der Waals surface area contributed by atoms with Gasteiger partial charge in [0.1, 0.15) is 44.3 Å². The van der Waals surface area contributed by atoms with Gasteiger partial charge in [-0.3, -0.25) is 66.5 Å². The summed E-state index contributed by atoms with van der Waals surface area (Å²) in [5, 5.41) is 29.0. The number of aldehydes is 1. The largest absolute Gasteiger partial charge is 1.00 e. The topological polar surface area (TPSA) is 513 Å². The van der Waals surface area contributed by atoms with Gasteiger partial charge in [0, 0.05) is 131 Å². The van der Waals surface area contributed by atoms with Gasteiger partial charge in [-0.2, -0.15) is 5.48 Å². The molecule has 0 rings (SSSR count). The second-order valence-electron chi connectivity index (χ2n) is 28.4. The van der Waals surface area contributed by atoms with Crippen molar-refractivity contribution in [2.45, 2.75) is 307 Å². The number of hydrogen-bond donors (Lipinski definition) is 10.